The second-order valence-electron chi connectivity index (χ2n) is 9.47. The van der Waals surface area contributed by atoms with Gasteiger partial charge in [0.1, 0.15) is 30.2 Å². The highest BCUT2D eigenvalue weighted by Crippen LogP contribution is 2.46. The standard InChI is InChI=1S/C26H26N2O2/c1-2-8-15(7-1)22(25-27-23-18-11-5-3-9-16(18)13-20(23)29-25)26-28-24-19-12-6-4-10-17(19)14-21(24)30-26/h3-6,9-12,15,20-24H,1-2,7-8,13-14H2/t20-,21-,22?,23-,24+/m0/s1. The van der Waals surface area contributed by atoms with Crippen molar-refractivity contribution in [2.24, 2.45) is 21.8 Å². The number of hydrogen-bond acceptors (Lipinski definition) is 4. The van der Waals surface area contributed by atoms with Crippen molar-refractivity contribution in [2.45, 2.75) is 62.8 Å². The monoisotopic (exact) mass is 398 g/mol. The highest BCUT2D eigenvalue weighted by atomic mass is 16.5. The van der Waals surface area contributed by atoms with Crippen molar-refractivity contribution in [3.8, 4) is 0 Å². The van der Waals surface area contributed by atoms with Crippen LogP contribution in [0.1, 0.15) is 60.0 Å². The predicted octanol–water partition coefficient (Wildman–Crippen LogP) is 4.98. The molecule has 0 aromatic heterocycles. The molecule has 30 heavy (non-hydrogen) atoms. The van der Waals surface area contributed by atoms with E-state index in [1.165, 1.54) is 47.9 Å². The molecule has 2 aromatic rings. The highest BCUT2D eigenvalue weighted by Gasteiger charge is 2.48. The Morgan fingerprint density at radius 1 is 0.700 bits per heavy atom. The Hall–Kier alpha value is -2.62. The molecule has 0 N–H and O–H groups in total. The van der Waals surface area contributed by atoms with Crippen molar-refractivity contribution >= 4 is 11.8 Å². The molecule has 5 aliphatic rings. The van der Waals surface area contributed by atoms with E-state index < -0.39 is 0 Å². The number of ether oxygens (including phenoxy) is 2. The molecule has 0 bridgehead atoms. The maximum atomic E-state index is 6.54. The third-order valence-electron chi connectivity index (χ3n) is 7.77. The minimum atomic E-state index is 0.0861. The van der Waals surface area contributed by atoms with E-state index >= 15 is 0 Å². The molecule has 4 nitrogen and oxygen atoms in total. The quantitative estimate of drug-likeness (QED) is 0.732. The summed E-state index contributed by atoms with van der Waals surface area (Å²) in [6.07, 6.45) is 7.20. The van der Waals surface area contributed by atoms with E-state index in [1.54, 1.807) is 0 Å². The summed E-state index contributed by atoms with van der Waals surface area (Å²) in [5.74, 6) is 2.39. The van der Waals surface area contributed by atoms with Crippen LogP contribution < -0.4 is 0 Å². The topological polar surface area (TPSA) is 43.2 Å². The van der Waals surface area contributed by atoms with Crippen LogP contribution in [0.3, 0.4) is 0 Å². The van der Waals surface area contributed by atoms with Crippen LogP contribution in [0.5, 0.6) is 0 Å². The molecule has 152 valence electrons. The molecule has 0 radical (unpaired) electrons. The van der Waals surface area contributed by atoms with Gasteiger partial charge in [-0.3, -0.25) is 0 Å². The molecule has 2 aliphatic heterocycles. The van der Waals surface area contributed by atoms with Crippen molar-refractivity contribution < 1.29 is 9.47 Å². The molecule has 1 saturated carbocycles. The van der Waals surface area contributed by atoms with Gasteiger partial charge in [-0.05, 0) is 41.0 Å². The van der Waals surface area contributed by atoms with Crippen molar-refractivity contribution in [1.29, 1.82) is 0 Å². The molecule has 5 atom stereocenters. The molecule has 7 rings (SSSR count). The lowest BCUT2D eigenvalue weighted by molar-refractivity contribution is 0.173. The van der Waals surface area contributed by atoms with E-state index in [1.807, 2.05) is 0 Å². The number of hydrogen-bond donors (Lipinski definition) is 0. The van der Waals surface area contributed by atoms with Gasteiger partial charge in [0, 0.05) is 12.8 Å². The first-order valence-electron chi connectivity index (χ1n) is 11.5. The smallest absolute Gasteiger partial charge is 0.197 e. The highest BCUT2D eigenvalue weighted by molar-refractivity contribution is 6.02. The molecular weight excluding hydrogens is 372 g/mol. The summed E-state index contributed by atoms with van der Waals surface area (Å²) < 4.78 is 13.1. The summed E-state index contributed by atoms with van der Waals surface area (Å²) in [6, 6.07) is 17.6. The minimum Gasteiger partial charge on any atom is -0.474 e. The summed E-state index contributed by atoms with van der Waals surface area (Å²) >= 11 is 0. The average Bonchev–Trinajstić information content (AvgIpc) is 3.55. The van der Waals surface area contributed by atoms with E-state index in [-0.39, 0.29) is 30.2 Å². The molecular formula is C26H26N2O2. The zero-order chi connectivity index (χ0) is 19.7. The normalized spacial score (nSPS) is 31.9. The second kappa shape index (κ2) is 6.44. The Labute approximate surface area is 177 Å². The summed E-state index contributed by atoms with van der Waals surface area (Å²) in [7, 11) is 0. The summed E-state index contributed by atoms with van der Waals surface area (Å²) in [5.41, 5.74) is 5.44. The summed E-state index contributed by atoms with van der Waals surface area (Å²) in [6.45, 7) is 0. The van der Waals surface area contributed by atoms with Crippen LogP contribution in [-0.4, -0.2) is 24.0 Å². The number of nitrogens with zero attached hydrogens (tertiary/aromatic N) is 2. The van der Waals surface area contributed by atoms with E-state index in [2.05, 4.69) is 48.5 Å². The fraction of sp³-hybridized carbons (Fsp3) is 0.462. The predicted molar refractivity (Wildman–Crippen MR) is 116 cm³/mol. The van der Waals surface area contributed by atoms with Crippen molar-refractivity contribution in [2.75, 3.05) is 0 Å². The van der Waals surface area contributed by atoms with Gasteiger partial charge in [-0.15, -0.1) is 0 Å². The van der Waals surface area contributed by atoms with Gasteiger partial charge in [-0.2, -0.15) is 0 Å². The van der Waals surface area contributed by atoms with Crippen LogP contribution in [0.2, 0.25) is 0 Å². The molecule has 2 heterocycles. The van der Waals surface area contributed by atoms with Gasteiger partial charge in [0.05, 0.1) is 0 Å². The van der Waals surface area contributed by atoms with E-state index in [0.29, 0.717) is 5.92 Å². The number of aliphatic imine (C=N–C) groups is 2. The van der Waals surface area contributed by atoms with Gasteiger partial charge in [0.2, 0.25) is 0 Å². The molecule has 1 fully saturated rings. The lowest BCUT2D eigenvalue weighted by Crippen LogP contribution is -2.33. The zero-order valence-corrected chi connectivity index (χ0v) is 17.0. The second-order valence-corrected chi connectivity index (χ2v) is 9.47. The van der Waals surface area contributed by atoms with Gasteiger partial charge in [-0.1, -0.05) is 61.4 Å². The van der Waals surface area contributed by atoms with E-state index in [0.717, 1.165) is 24.6 Å². The van der Waals surface area contributed by atoms with Crippen LogP contribution in [0, 0.1) is 11.8 Å². The van der Waals surface area contributed by atoms with Gasteiger partial charge in [0.25, 0.3) is 0 Å². The summed E-state index contributed by atoms with van der Waals surface area (Å²) in [4.78, 5) is 10.3. The van der Waals surface area contributed by atoms with E-state index in [9.17, 15) is 0 Å². The van der Waals surface area contributed by atoms with Crippen molar-refractivity contribution in [3.05, 3.63) is 70.8 Å². The third kappa shape index (κ3) is 2.46. The first-order valence-corrected chi connectivity index (χ1v) is 11.5. The molecule has 0 saturated heterocycles. The molecule has 0 spiro atoms. The maximum Gasteiger partial charge on any atom is 0.197 e. The molecule has 4 heteroatoms. The molecule has 3 aliphatic carbocycles. The lowest BCUT2D eigenvalue weighted by Gasteiger charge is -2.24. The Morgan fingerprint density at radius 3 is 1.73 bits per heavy atom. The number of benzene rings is 2. The van der Waals surface area contributed by atoms with Gasteiger partial charge < -0.3 is 9.47 Å². The van der Waals surface area contributed by atoms with Crippen LogP contribution in [0.15, 0.2) is 58.5 Å². The zero-order valence-electron chi connectivity index (χ0n) is 17.0. The summed E-state index contributed by atoms with van der Waals surface area (Å²) in [5, 5.41) is 0. The largest absolute Gasteiger partial charge is 0.474 e. The third-order valence-corrected chi connectivity index (χ3v) is 7.77. The maximum absolute atomic E-state index is 6.54. The Balaban J connectivity index is 1.25. The SMILES string of the molecule is c1ccc2c(c1)C[C@@H]1OC(C(C3=N[C@H]4c5ccccc5C[C@@H]4O3)C3CCCC3)=N[C@H]21. The lowest BCUT2D eigenvalue weighted by atomic mass is 9.90. The van der Waals surface area contributed by atoms with Gasteiger partial charge >= 0.3 is 0 Å². The minimum absolute atomic E-state index is 0.0861. The Morgan fingerprint density at radius 2 is 1.20 bits per heavy atom. The molecule has 1 unspecified atom stereocenters. The number of fused-ring (bicyclic) bond motifs is 6. The van der Waals surface area contributed by atoms with Crippen LogP contribution in [0.25, 0.3) is 0 Å². The van der Waals surface area contributed by atoms with E-state index in [4.69, 9.17) is 19.5 Å². The first-order chi connectivity index (χ1) is 14.8. The Bertz CT molecular complexity index is 991. The van der Waals surface area contributed by atoms with Crippen LogP contribution >= 0.6 is 0 Å². The van der Waals surface area contributed by atoms with Crippen molar-refractivity contribution in [3.63, 3.8) is 0 Å². The van der Waals surface area contributed by atoms with Crippen LogP contribution in [0.4, 0.5) is 0 Å². The number of rotatable bonds is 3. The van der Waals surface area contributed by atoms with Crippen LogP contribution in [-0.2, 0) is 22.3 Å². The molecule has 0 amide bonds. The fourth-order valence-electron chi connectivity index (χ4n) is 6.34. The first kappa shape index (κ1) is 17.1. The van der Waals surface area contributed by atoms with Crippen molar-refractivity contribution in [1.82, 2.24) is 0 Å². The molecule has 2 aromatic carbocycles. The van der Waals surface area contributed by atoms with Gasteiger partial charge in [0.15, 0.2) is 11.8 Å². The van der Waals surface area contributed by atoms with Gasteiger partial charge in [-0.25, -0.2) is 9.98 Å². The Kier molecular flexibility index (Phi) is 3.67. The average molecular weight is 399 g/mol. The fourth-order valence-corrected chi connectivity index (χ4v) is 6.34.